The molecule has 242 valence electrons. The number of rotatable bonds is 9. The number of amides is 1. The van der Waals surface area contributed by atoms with Crippen LogP contribution in [0.4, 0.5) is 5.69 Å². The quantitative estimate of drug-likeness (QED) is 0.230. The number of hydrogen-bond donors (Lipinski definition) is 2. The average molecular weight is 638 g/mol. The van der Waals surface area contributed by atoms with E-state index in [2.05, 4.69) is 25.6 Å². The van der Waals surface area contributed by atoms with E-state index in [1.165, 1.54) is 0 Å². The Balaban J connectivity index is 1.07. The molecular formula is C33H35N9O5. The summed E-state index contributed by atoms with van der Waals surface area (Å²) >= 11 is 0. The summed E-state index contributed by atoms with van der Waals surface area (Å²) in [4.78, 5) is 37.5. The summed E-state index contributed by atoms with van der Waals surface area (Å²) < 4.78 is 20.6. The number of methoxy groups -OCH3 is 1. The number of likely N-dealkylation sites (tertiary alicyclic amines) is 1. The van der Waals surface area contributed by atoms with Crippen LogP contribution in [0.3, 0.4) is 0 Å². The molecule has 14 nitrogen and oxygen atoms in total. The molecule has 47 heavy (non-hydrogen) atoms. The van der Waals surface area contributed by atoms with Gasteiger partial charge in [0.25, 0.3) is 5.91 Å². The number of fused-ring (bicyclic) bond motifs is 3. The number of esters is 1. The van der Waals surface area contributed by atoms with Crippen molar-refractivity contribution in [3.63, 3.8) is 0 Å². The zero-order chi connectivity index (χ0) is 31.9. The van der Waals surface area contributed by atoms with E-state index in [1.54, 1.807) is 34.9 Å². The van der Waals surface area contributed by atoms with Gasteiger partial charge in [0, 0.05) is 50.4 Å². The van der Waals surface area contributed by atoms with Crippen molar-refractivity contribution in [3.05, 3.63) is 54.7 Å². The van der Waals surface area contributed by atoms with Crippen LogP contribution >= 0.6 is 0 Å². The maximum atomic E-state index is 13.7. The van der Waals surface area contributed by atoms with E-state index in [4.69, 9.17) is 24.3 Å². The summed E-state index contributed by atoms with van der Waals surface area (Å²) in [5.74, 6) is 0.841. The smallest absolute Gasteiger partial charge is 0.309 e. The summed E-state index contributed by atoms with van der Waals surface area (Å²) in [7, 11) is 1.60. The molecule has 1 amide bonds. The largest absolute Gasteiger partial charge is 0.494 e. The Hall–Kier alpha value is -5.24. The van der Waals surface area contributed by atoms with Gasteiger partial charge in [0.05, 0.1) is 47.1 Å². The van der Waals surface area contributed by atoms with Gasteiger partial charge in [-0.3, -0.25) is 14.6 Å². The van der Waals surface area contributed by atoms with Crippen molar-refractivity contribution in [3.8, 4) is 28.4 Å². The predicted molar refractivity (Wildman–Crippen MR) is 172 cm³/mol. The van der Waals surface area contributed by atoms with Gasteiger partial charge in [-0.25, -0.2) is 14.2 Å². The highest BCUT2D eigenvalue weighted by Crippen LogP contribution is 2.38. The van der Waals surface area contributed by atoms with Gasteiger partial charge in [-0.2, -0.15) is 10.2 Å². The molecule has 5 aromatic rings. The first kappa shape index (κ1) is 29.2. The van der Waals surface area contributed by atoms with Crippen LogP contribution in [0.5, 0.6) is 11.5 Å². The standard InChI is InChI=1S/C33H35N9O5/c1-45-29-16-25-28(46-14-9-34-25)17-27(29)42-26-15-24(22-19-38-41-10-2-7-35-31(22)41)37-18-23(26)30(39-42)32(43)36-8-13-40-11-5-20(6-12-40)33(44)47-21-3-4-21/h2,7,10,15-21,34H,3-6,8-9,11-14H2,1H3,(H,36,43). The number of piperidine rings is 1. The van der Waals surface area contributed by atoms with E-state index in [0.29, 0.717) is 65.7 Å². The van der Waals surface area contributed by atoms with E-state index in [9.17, 15) is 9.59 Å². The summed E-state index contributed by atoms with van der Waals surface area (Å²) in [5, 5.41) is 16.2. The Morgan fingerprint density at radius 3 is 2.81 bits per heavy atom. The molecule has 1 aromatic carbocycles. The second-order valence-corrected chi connectivity index (χ2v) is 12.1. The van der Waals surface area contributed by atoms with Crippen molar-refractivity contribution >= 4 is 34.1 Å². The Morgan fingerprint density at radius 1 is 1.11 bits per heavy atom. The van der Waals surface area contributed by atoms with Crippen LogP contribution in [0.1, 0.15) is 36.2 Å². The minimum Gasteiger partial charge on any atom is -0.494 e. The molecule has 2 N–H and O–H groups in total. The summed E-state index contributed by atoms with van der Waals surface area (Å²) in [6.45, 7) is 3.91. The van der Waals surface area contributed by atoms with Crippen molar-refractivity contribution in [1.82, 2.24) is 39.6 Å². The van der Waals surface area contributed by atoms with E-state index in [1.807, 2.05) is 30.5 Å². The molecule has 0 unspecified atom stereocenters. The lowest BCUT2D eigenvalue weighted by Gasteiger charge is -2.30. The maximum Gasteiger partial charge on any atom is 0.309 e. The lowest BCUT2D eigenvalue weighted by atomic mass is 9.97. The first-order valence-electron chi connectivity index (χ1n) is 16.0. The second kappa shape index (κ2) is 12.2. The van der Waals surface area contributed by atoms with E-state index < -0.39 is 0 Å². The van der Waals surface area contributed by atoms with E-state index in [0.717, 1.165) is 50.0 Å². The molecule has 2 aliphatic heterocycles. The SMILES string of the molecule is COc1cc2c(cc1-n1nc(C(=O)NCCN3CCC(C(=O)OC4CC4)CC3)c3cnc(-c4cnn5cccnc45)cc31)OCCN2. The van der Waals surface area contributed by atoms with Crippen molar-refractivity contribution in [1.29, 1.82) is 0 Å². The number of nitrogens with one attached hydrogen (secondary N) is 2. The highest BCUT2D eigenvalue weighted by atomic mass is 16.5. The molecule has 2 fully saturated rings. The van der Waals surface area contributed by atoms with Crippen molar-refractivity contribution in [2.75, 3.05) is 51.8 Å². The first-order valence-corrected chi connectivity index (χ1v) is 16.0. The Kier molecular flexibility index (Phi) is 7.56. The van der Waals surface area contributed by atoms with Gasteiger partial charge in [0.2, 0.25) is 0 Å². The van der Waals surface area contributed by atoms with Gasteiger partial charge < -0.3 is 29.7 Å². The maximum absolute atomic E-state index is 13.7. The summed E-state index contributed by atoms with van der Waals surface area (Å²) in [5.41, 5.74) is 4.42. The topological polar surface area (TPSA) is 150 Å². The molecule has 14 heteroatoms. The predicted octanol–water partition coefficient (Wildman–Crippen LogP) is 3.09. The Bertz CT molecular complexity index is 1980. The molecule has 0 spiro atoms. The first-order chi connectivity index (χ1) is 23.1. The van der Waals surface area contributed by atoms with Gasteiger partial charge >= 0.3 is 5.97 Å². The van der Waals surface area contributed by atoms with Crippen LogP contribution in [0, 0.1) is 5.92 Å². The number of anilines is 1. The fraction of sp³-hybridized carbons (Fsp3) is 0.394. The van der Waals surface area contributed by atoms with Gasteiger partial charge in [-0.1, -0.05) is 0 Å². The zero-order valence-corrected chi connectivity index (χ0v) is 26.0. The third-order valence-corrected chi connectivity index (χ3v) is 8.96. The molecule has 6 heterocycles. The number of ether oxygens (including phenoxy) is 3. The number of aromatic nitrogens is 6. The highest BCUT2D eigenvalue weighted by molar-refractivity contribution is 6.05. The Labute approximate surface area is 270 Å². The van der Waals surface area contributed by atoms with Crippen LogP contribution in [-0.2, 0) is 9.53 Å². The number of carbonyl (C=O) groups is 2. The normalized spacial score (nSPS) is 16.8. The van der Waals surface area contributed by atoms with Crippen LogP contribution in [0.25, 0.3) is 33.5 Å². The number of nitrogens with zero attached hydrogens (tertiary/aromatic N) is 7. The van der Waals surface area contributed by atoms with Crippen LogP contribution in [0.15, 0.2) is 49.1 Å². The number of pyridine rings is 1. The monoisotopic (exact) mass is 637 g/mol. The molecule has 4 aromatic heterocycles. The highest BCUT2D eigenvalue weighted by Gasteiger charge is 2.32. The van der Waals surface area contributed by atoms with Crippen LogP contribution in [-0.4, -0.2) is 98.7 Å². The van der Waals surface area contributed by atoms with Gasteiger partial charge in [0.1, 0.15) is 29.9 Å². The third-order valence-electron chi connectivity index (χ3n) is 8.96. The second-order valence-electron chi connectivity index (χ2n) is 12.1. The van der Waals surface area contributed by atoms with Crippen molar-refractivity contribution < 1.29 is 23.8 Å². The molecular weight excluding hydrogens is 602 g/mol. The summed E-state index contributed by atoms with van der Waals surface area (Å²) in [6, 6.07) is 7.45. The fourth-order valence-electron chi connectivity index (χ4n) is 6.25. The summed E-state index contributed by atoms with van der Waals surface area (Å²) in [6.07, 6.45) is 10.6. The molecule has 0 radical (unpaired) electrons. The molecule has 1 aliphatic carbocycles. The Morgan fingerprint density at radius 2 is 1.98 bits per heavy atom. The molecule has 0 atom stereocenters. The van der Waals surface area contributed by atoms with Crippen LogP contribution < -0.4 is 20.1 Å². The van der Waals surface area contributed by atoms with Crippen molar-refractivity contribution in [2.24, 2.45) is 5.92 Å². The third kappa shape index (κ3) is 5.69. The van der Waals surface area contributed by atoms with Gasteiger partial charge in [-0.05, 0) is 50.9 Å². The minimum absolute atomic E-state index is 0.0348. The van der Waals surface area contributed by atoms with Crippen molar-refractivity contribution in [2.45, 2.75) is 31.8 Å². The lowest BCUT2D eigenvalue weighted by molar-refractivity contribution is -0.151. The molecule has 3 aliphatic rings. The van der Waals surface area contributed by atoms with Crippen LogP contribution in [0.2, 0.25) is 0 Å². The number of carbonyl (C=O) groups excluding carboxylic acids is 2. The molecule has 1 saturated carbocycles. The lowest BCUT2D eigenvalue weighted by Crippen LogP contribution is -2.41. The fourth-order valence-corrected chi connectivity index (χ4v) is 6.25. The zero-order valence-electron chi connectivity index (χ0n) is 26.0. The van der Waals surface area contributed by atoms with Gasteiger partial charge in [0.15, 0.2) is 11.3 Å². The molecule has 1 saturated heterocycles. The molecule has 8 rings (SSSR count). The van der Waals surface area contributed by atoms with Gasteiger partial charge in [-0.15, -0.1) is 0 Å². The van der Waals surface area contributed by atoms with E-state index >= 15 is 0 Å². The minimum atomic E-state index is -0.307. The average Bonchev–Trinajstić information content (AvgIpc) is 3.69. The number of hydrogen-bond acceptors (Lipinski definition) is 11. The molecule has 0 bridgehead atoms. The van der Waals surface area contributed by atoms with E-state index in [-0.39, 0.29) is 29.6 Å². The number of benzene rings is 1.